The van der Waals surface area contributed by atoms with Crippen molar-refractivity contribution < 1.29 is 4.79 Å². The molecule has 0 heterocycles. The van der Waals surface area contributed by atoms with Crippen LogP contribution in [-0.4, -0.2) is 12.5 Å². The Bertz CT molecular complexity index is 391. The molecule has 1 N–H and O–H groups in total. The number of carbonyl (C=O) groups is 1. The van der Waals surface area contributed by atoms with Gasteiger partial charge in [0.15, 0.2) is 0 Å². The molecular formula is C12H13Cl2NO. The van der Waals surface area contributed by atoms with Gasteiger partial charge in [0.1, 0.15) is 0 Å². The van der Waals surface area contributed by atoms with Crippen molar-refractivity contribution in [1.29, 1.82) is 0 Å². The van der Waals surface area contributed by atoms with E-state index in [-0.39, 0.29) is 5.91 Å². The maximum absolute atomic E-state index is 11.5. The predicted molar refractivity (Wildman–Crippen MR) is 68.0 cm³/mol. The van der Waals surface area contributed by atoms with E-state index < -0.39 is 0 Å². The fourth-order valence-corrected chi connectivity index (χ4v) is 1.53. The van der Waals surface area contributed by atoms with Crippen molar-refractivity contribution in [2.45, 2.75) is 12.8 Å². The van der Waals surface area contributed by atoms with E-state index in [9.17, 15) is 4.79 Å². The zero-order valence-electron chi connectivity index (χ0n) is 8.80. The minimum atomic E-state index is -0.0276. The minimum Gasteiger partial charge on any atom is -0.356 e. The van der Waals surface area contributed by atoms with Crippen molar-refractivity contribution in [2.24, 2.45) is 0 Å². The van der Waals surface area contributed by atoms with E-state index in [0.717, 1.165) is 12.0 Å². The molecule has 0 aromatic heterocycles. The average Bonchev–Trinajstić information content (AvgIpc) is 2.24. The third-order valence-corrected chi connectivity index (χ3v) is 2.76. The fraction of sp³-hybridized carbons (Fsp3) is 0.250. The highest BCUT2D eigenvalue weighted by Gasteiger charge is 2.04. The standard InChI is InChI=1S/C12H13Cl2NO/c1-2-3-6-15-12(16)8-9-4-5-10(13)11(14)7-9/h2,4-5,7H,1,3,6,8H2,(H,15,16). The monoisotopic (exact) mass is 257 g/mol. The molecule has 1 rings (SSSR count). The number of amides is 1. The maximum atomic E-state index is 11.5. The largest absolute Gasteiger partial charge is 0.356 e. The van der Waals surface area contributed by atoms with Gasteiger partial charge in [0, 0.05) is 6.54 Å². The number of nitrogens with one attached hydrogen (secondary N) is 1. The van der Waals surface area contributed by atoms with Crippen LogP contribution in [-0.2, 0) is 11.2 Å². The zero-order valence-corrected chi connectivity index (χ0v) is 10.3. The van der Waals surface area contributed by atoms with Crippen LogP contribution in [0.25, 0.3) is 0 Å². The number of hydrogen-bond donors (Lipinski definition) is 1. The first-order valence-corrected chi connectivity index (χ1v) is 5.70. The Morgan fingerprint density at radius 2 is 2.12 bits per heavy atom. The highest BCUT2D eigenvalue weighted by Crippen LogP contribution is 2.22. The smallest absolute Gasteiger partial charge is 0.224 e. The normalized spacial score (nSPS) is 9.88. The van der Waals surface area contributed by atoms with Gasteiger partial charge in [0.2, 0.25) is 5.91 Å². The zero-order chi connectivity index (χ0) is 12.0. The lowest BCUT2D eigenvalue weighted by molar-refractivity contribution is -0.120. The van der Waals surface area contributed by atoms with Crippen LogP contribution in [0.5, 0.6) is 0 Å². The number of hydrogen-bond acceptors (Lipinski definition) is 1. The molecule has 2 nitrogen and oxygen atoms in total. The molecule has 0 saturated heterocycles. The van der Waals surface area contributed by atoms with Gasteiger partial charge in [-0.05, 0) is 24.1 Å². The van der Waals surface area contributed by atoms with Gasteiger partial charge in [-0.3, -0.25) is 4.79 Å². The number of benzene rings is 1. The van der Waals surface area contributed by atoms with Crippen molar-refractivity contribution in [3.05, 3.63) is 46.5 Å². The Balaban J connectivity index is 2.49. The molecule has 16 heavy (non-hydrogen) atoms. The van der Waals surface area contributed by atoms with Gasteiger partial charge in [-0.2, -0.15) is 0 Å². The van der Waals surface area contributed by atoms with Gasteiger partial charge in [-0.15, -0.1) is 6.58 Å². The molecule has 0 aliphatic carbocycles. The Hall–Kier alpha value is -0.990. The Kier molecular flexibility index (Phi) is 5.36. The van der Waals surface area contributed by atoms with Crippen LogP contribution >= 0.6 is 23.2 Å². The lowest BCUT2D eigenvalue weighted by Gasteiger charge is -2.04. The van der Waals surface area contributed by atoms with Crippen molar-refractivity contribution in [3.8, 4) is 0 Å². The molecule has 0 spiro atoms. The maximum Gasteiger partial charge on any atom is 0.224 e. The van der Waals surface area contributed by atoms with Gasteiger partial charge in [-0.25, -0.2) is 0 Å². The van der Waals surface area contributed by atoms with Crippen LogP contribution in [0.4, 0.5) is 0 Å². The Labute approximate surface area is 105 Å². The van der Waals surface area contributed by atoms with Gasteiger partial charge in [-0.1, -0.05) is 35.3 Å². The molecule has 1 amide bonds. The van der Waals surface area contributed by atoms with Crippen molar-refractivity contribution >= 4 is 29.1 Å². The summed E-state index contributed by atoms with van der Waals surface area (Å²) >= 11 is 11.6. The molecule has 0 radical (unpaired) electrons. The SMILES string of the molecule is C=CCCNC(=O)Cc1ccc(Cl)c(Cl)c1. The molecule has 1 aromatic carbocycles. The third kappa shape index (κ3) is 4.25. The lowest BCUT2D eigenvalue weighted by Crippen LogP contribution is -2.25. The summed E-state index contributed by atoms with van der Waals surface area (Å²) in [6.45, 7) is 4.19. The van der Waals surface area contributed by atoms with Gasteiger partial charge in [0.05, 0.1) is 16.5 Å². The van der Waals surface area contributed by atoms with Crippen molar-refractivity contribution in [1.82, 2.24) is 5.32 Å². The number of carbonyl (C=O) groups excluding carboxylic acids is 1. The molecule has 4 heteroatoms. The van der Waals surface area contributed by atoms with Crippen LogP contribution in [0.2, 0.25) is 10.0 Å². The first-order chi connectivity index (χ1) is 7.63. The number of halogens is 2. The molecule has 0 aliphatic heterocycles. The third-order valence-electron chi connectivity index (χ3n) is 2.02. The van der Waals surface area contributed by atoms with Crippen LogP contribution in [0.1, 0.15) is 12.0 Å². The van der Waals surface area contributed by atoms with E-state index in [2.05, 4.69) is 11.9 Å². The molecule has 0 bridgehead atoms. The van der Waals surface area contributed by atoms with Gasteiger partial charge < -0.3 is 5.32 Å². The minimum absolute atomic E-state index is 0.0276. The van der Waals surface area contributed by atoms with E-state index in [1.807, 2.05) is 0 Å². The molecule has 0 aliphatic rings. The highest BCUT2D eigenvalue weighted by atomic mass is 35.5. The summed E-state index contributed by atoms with van der Waals surface area (Å²) in [6, 6.07) is 5.19. The van der Waals surface area contributed by atoms with Gasteiger partial charge in [0.25, 0.3) is 0 Å². The van der Waals surface area contributed by atoms with Crippen molar-refractivity contribution in [2.75, 3.05) is 6.54 Å². The lowest BCUT2D eigenvalue weighted by atomic mass is 10.1. The predicted octanol–water partition coefficient (Wildman–Crippen LogP) is 3.23. The Morgan fingerprint density at radius 1 is 1.38 bits per heavy atom. The van der Waals surface area contributed by atoms with Crippen molar-refractivity contribution in [3.63, 3.8) is 0 Å². The molecular weight excluding hydrogens is 245 g/mol. The summed E-state index contributed by atoms with van der Waals surface area (Å²) in [5.74, 6) is -0.0276. The summed E-state index contributed by atoms with van der Waals surface area (Å²) in [4.78, 5) is 11.5. The summed E-state index contributed by atoms with van der Waals surface area (Å²) in [6.07, 6.45) is 2.85. The second kappa shape index (κ2) is 6.56. The first-order valence-electron chi connectivity index (χ1n) is 4.95. The first kappa shape index (κ1) is 13.1. The summed E-state index contributed by atoms with van der Waals surface area (Å²) in [5, 5.41) is 3.75. The Morgan fingerprint density at radius 3 is 2.75 bits per heavy atom. The highest BCUT2D eigenvalue weighted by molar-refractivity contribution is 6.42. The average molecular weight is 258 g/mol. The topological polar surface area (TPSA) is 29.1 Å². The molecule has 0 unspecified atom stereocenters. The van der Waals surface area contributed by atoms with E-state index in [4.69, 9.17) is 23.2 Å². The van der Waals surface area contributed by atoms with E-state index in [1.54, 1.807) is 24.3 Å². The van der Waals surface area contributed by atoms with Gasteiger partial charge >= 0.3 is 0 Å². The molecule has 86 valence electrons. The molecule has 0 saturated carbocycles. The van der Waals surface area contributed by atoms with E-state index in [1.165, 1.54) is 0 Å². The second-order valence-corrected chi connectivity index (χ2v) is 4.17. The number of rotatable bonds is 5. The van der Waals surface area contributed by atoms with E-state index in [0.29, 0.717) is 23.0 Å². The molecule has 0 atom stereocenters. The summed E-state index contributed by atoms with van der Waals surface area (Å²) < 4.78 is 0. The van der Waals surface area contributed by atoms with E-state index >= 15 is 0 Å². The molecule has 0 fully saturated rings. The summed E-state index contributed by atoms with van der Waals surface area (Å²) in [5.41, 5.74) is 0.852. The van der Waals surface area contributed by atoms with Crippen LogP contribution in [0.15, 0.2) is 30.9 Å². The van der Waals surface area contributed by atoms with Crippen LogP contribution in [0, 0.1) is 0 Å². The summed E-state index contributed by atoms with van der Waals surface area (Å²) in [7, 11) is 0. The quantitative estimate of drug-likeness (QED) is 0.637. The van der Waals surface area contributed by atoms with Crippen LogP contribution < -0.4 is 5.32 Å². The molecule has 1 aromatic rings. The second-order valence-electron chi connectivity index (χ2n) is 3.35. The van der Waals surface area contributed by atoms with Crippen LogP contribution in [0.3, 0.4) is 0 Å². The fourth-order valence-electron chi connectivity index (χ4n) is 1.21.